The number of amides is 1. The van der Waals surface area contributed by atoms with E-state index in [1.54, 1.807) is 6.07 Å². The van der Waals surface area contributed by atoms with Crippen LogP contribution >= 0.6 is 15.9 Å². The minimum atomic E-state index is -3.86. The van der Waals surface area contributed by atoms with Gasteiger partial charge in [0.15, 0.2) is 10.4 Å². The Bertz CT molecular complexity index is 906. The standard InChI is InChI=1S/C15H13BrN2O6S/c16-13-6-5-12(24-13)14(19)17-9-1-3-10(4-2-9)25(21,22)18-11-7-8-23-15(11)20/h1-6,11,18H,7-8H2,(H,17,19)/t11-/m0/s1. The molecule has 1 fully saturated rings. The zero-order valence-corrected chi connectivity index (χ0v) is 15.1. The summed E-state index contributed by atoms with van der Waals surface area (Å²) in [5.41, 5.74) is 0.400. The summed E-state index contributed by atoms with van der Waals surface area (Å²) in [7, 11) is -3.86. The summed E-state index contributed by atoms with van der Waals surface area (Å²) in [4.78, 5) is 23.3. The first-order chi connectivity index (χ1) is 11.8. The van der Waals surface area contributed by atoms with E-state index in [9.17, 15) is 18.0 Å². The van der Waals surface area contributed by atoms with Crippen LogP contribution in [0.4, 0.5) is 5.69 Å². The molecule has 10 heteroatoms. The zero-order valence-electron chi connectivity index (χ0n) is 12.7. The Labute approximate surface area is 151 Å². The van der Waals surface area contributed by atoms with Gasteiger partial charge in [-0.05, 0) is 52.3 Å². The molecule has 0 unspecified atom stereocenters. The summed E-state index contributed by atoms with van der Waals surface area (Å²) in [6.07, 6.45) is 0.297. The lowest BCUT2D eigenvalue weighted by Crippen LogP contribution is -2.37. The van der Waals surface area contributed by atoms with Gasteiger partial charge in [0.1, 0.15) is 6.04 Å². The lowest BCUT2D eigenvalue weighted by Gasteiger charge is -2.10. The number of sulfonamides is 1. The van der Waals surface area contributed by atoms with E-state index in [1.165, 1.54) is 30.3 Å². The number of benzene rings is 1. The van der Waals surface area contributed by atoms with E-state index in [1.807, 2.05) is 0 Å². The second-order valence-corrected chi connectivity index (χ2v) is 7.71. The fraction of sp³-hybridized carbons (Fsp3) is 0.200. The molecular weight excluding hydrogens is 416 g/mol. The number of nitrogens with one attached hydrogen (secondary N) is 2. The molecule has 8 nitrogen and oxygen atoms in total. The maximum absolute atomic E-state index is 12.3. The number of hydrogen-bond acceptors (Lipinski definition) is 6. The van der Waals surface area contributed by atoms with Crippen molar-refractivity contribution < 1.29 is 27.2 Å². The lowest BCUT2D eigenvalue weighted by molar-refractivity contribution is -0.139. The largest absolute Gasteiger partial charge is 0.464 e. The Balaban J connectivity index is 1.69. The van der Waals surface area contributed by atoms with Gasteiger partial charge in [0.25, 0.3) is 5.91 Å². The topological polar surface area (TPSA) is 115 Å². The second-order valence-electron chi connectivity index (χ2n) is 5.21. The highest BCUT2D eigenvalue weighted by Gasteiger charge is 2.31. The van der Waals surface area contributed by atoms with Crippen LogP contribution in [0.15, 0.2) is 50.4 Å². The Kier molecular flexibility index (Phi) is 4.93. The number of carbonyl (C=O) groups excluding carboxylic acids is 2. The molecule has 132 valence electrons. The monoisotopic (exact) mass is 428 g/mol. The van der Waals surface area contributed by atoms with Gasteiger partial charge in [-0.25, -0.2) is 8.42 Å². The van der Waals surface area contributed by atoms with Crippen molar-refractivity contribution in [3.8, 4) is 0 Å². The molecule has 2 heterocycles. The van der Waals surface area contributed by atoms with Crippen molar-refractivity contribution in [2.75, 3.05) is 11.9 Å². The summed E-state index contributed by atoms with van der Waals surface area (Å²) in [6, 6.07) is 7.76. The summed E-state index contributed by atoms with van der Waals surface area (Å²) >= 11 is 3.10. The molecule has 2 aromatic rings. The van der Waals surface area contributed by atoms with E-state index >= 15 is 0 Å². The highest BCUT2D eigenvalue weighted by molar-refractivity contribution is 9.10. The molecule has 1 aromatic heterocycles. The third-order valence-corrected chi connectivity index (χ3v) is 5.37. The van der Waals surface area contributed by atoms with Crippen LogP contribution in [0.5, 0.6) is 0 Å². The first-order valence-electron chi connectivity index (χ1n) is 7.21. The third kappa shape index (κ3) is 4.09. The molecule has 1 aliphatic heterocycles. The van der Waals surface area contributed by atoms with Crippen molar-refractivity contribution in [3.05, 3.63) is 46.8 Å². The maximum Gasteiger partial charge on any atom is 0.324 e. The number of hydrogen-bond donors (Lipinski definition) is 2. The van der Waals surface area contributed by atoms with Gasteiger partial charge in [0, 0.05) is 12.1 Å². The molecule has 0 bridgehead atoms. The Morgan fingerprint density at radius 3 is 2.44 bits per heavy atom. The molecule has 1 atom stereocenters. The predicted molar refractivity (Wildman–Crippen MR) is 90.5 cm³/mol. The summed E-state index contributed by atoms with van der Waals surface area (Å²) < 4.78 is 37.1. The van der Waals surface area contributed by atoms with Gasteiger partial charge >= 0.3 is 5.97 Å². The van der Waals surface area contributed by atoms with E-state index in [0.29, 0.717) is 16.8 Å². The molecule has 1 aromatic carbocycles. The third-order valence-electron chi connectivity index (χ3n) is 3.45. The Hall–Kier alpha value is -2.17. The normalized spacial score (nSPS) is 17.3. The van der Waals surface area contributed by atoms with Crippen molar-refractivity contribution in [1.82, 2.24) is 4.72 Å². The van der Waals surface area contributed by atoms with Crippen LogP contribution in [0.2, 0.25) is 0 Å². The van der Waals surface area contributed by atoms with Crippen LogP contribution in [0.1, 0.15) is 17.0 Å². The number of furan rings is 1. The van der Waals surface area contributed by atoms with E-state index in [-0.39, 0.29) is 17.3 Å². The molecular formula is C15H13BrN2O6S. The van der Waals surface area contributed by atoms with Crippen molar-refractivity contribution >= 4 is 43.5 Å². The summed E-state index contributed by atoms with van der Waals surface area (Å²) in [6.45, 7) is 0.194. The van der Waals surface area contributed by atoms with Crippen LogP contribution in [-0.2, 0) is 19.6 Å². The van der Waals surface area contributed by atoms with E-state index in [0.717, 1.165) is 0 Å². The highest BCUT2D eigenvalue weighted by atomic mass is 79.9. The quantitative estimate of drug-likeness (QED) is 0.702. The molecule has 0 radical (unpaired) electrons. The average Bonchev–Trinajstić information content (AvgIpc) is 3.17. The van der Waals surface area contributed by atoms with Crippen LogP contribution < -0.4 is 10.0 Å². The molecule has 3 rings (SSSR count). The first-order valence-corrected chi connectivity index (χ1v) is 9.48. The maximum atomic E-state index is 12.3. The van der Waals surface area contributed by atoms with E-state index in [4.69, 9.17) is 9.15 Å². The van der Waals surface area contributed by atoms with Crippen molar-refractivity contribution in [3.63, 3.8) is 0 Å². The minimum absolute atomic E-state index is 0.0223. The zero-order chi connectivity index (χ0) is 18.0. The van der Waals surface area contributed by atoms with Gasteiger partial charge in [-0.2, -0.15) is 4.72 Å². The van der Waals surface area contributed by atoms with Gasteiger partial charge in [-0.3, -0.25) is 9.59 Å². The molecule has 0 aliphatic carbocycles. The van der Waals surface area contributed by atoms with Gasteiger partial charge in [0.05, 0.1) is 11.5 Å². The minimum Gasteiger partial charge on any atom is -0.464 e. The number of ether oxygens (including phenoxy) is 1. The first kappa shape index (κ1) is 17.6. The Morgan fingerprint density at radius 1 is 1.16 bits per heavy atom. The molecule has 1 aliphatic rings. The molecule has 25 heavy (non-hydrogen) atoms. The van der Waals surface area contributed by atoms with E-state index < -0.39 is 27.9 Å². The van der Waals surface area contributed by atoms with Crippen molar-refractivity contribution in [2.24, 2.45) is 0 Å². The van der Waals surface area contributed by atoms with Crippen LogP contribution in [-0.4, -0.2) is 32.9 Å². The average molecular weight is 429 g/mol. The Morgan fingerprint density at radius 2 is 1.88 bits per heavy atom. The molecule has 0 saturated carbocycles. The molecule has 1 amide bonds. The lowest BCUT2D eigenvalue weighted by atomic mass is 10.3. The number of anilines is 1. The smallest absolute Gasteiger partial charge is 0.324 e. The summed E-state index contributed by atoms with van der Waals surface area (Å²) in [5, 5.41) is 2.59. The number of rotatable bonds is 5. The predicted octanol–water partition coefficient (Wildman–Crippen LogP) is 1.89. The molecule has 2 N–H and O–H groups in total. The number of cyclic esters (lactones) is 1. The summed E-state index contributed by atoms with van der Waals surface area (Å²) in [5.74, 6) is -0.935. The van der Waals surface area contributed by atoms with Gasteiger partial charge in [-0.15, -0.1) is 0 Å². The van der Waals surface area contributed by atoms with Crippen LogP contribution in [0.25, 0.3) is 0 Å². The second kappa shape index (κ2) is 6.98. The van der Waals surface area contributed by atoms with Crippen LogP contribution in [0.3, 0.4) is 0 Å². The van der Waals surface area contributed by atoms with Crippen LogP contribution in [0, 0.1) is 0 Å². The van der Waals surface area contributed by atoms with E-state index in [2.05, 4.69) is 26.0 Å². The SMILES string of the molecule is O=C(Nc1ccc(S(=O)(=O)N[C@H]2CCOC2=O)cc1)c1ccc(Br)o1. The van der Waals surface area contributed by atoms with Gasteiger partial charge in [-0.1, -0.05) is 0 Å². The number of esters is 1. The van der Waals surface area contributed by atoms with Crippen molar-refractivity contribution in [2.45, 2.75) is 17.4 Å². The fourth-order valence-electron chi connectivity index (χ4n) is 2.20. The van der Waals surface area contributed by atoms with Gasteiger partial charge in [0.2, 0.25) is 10.0 Å². The fourth-order valence-corrected chi connectivity index (χ4v) is 3.73. The van der Waals surface area contributed by atoms with Crippen molar-refractivity contribution in [1.29, 1.82) is 0 Å². The molecule has 1 saturated heterocycles. The van der Waals surface area contributed by atoms with Gasteiger partial charge < -0.3 is 14.5 Å². The number of halogens is 1. The highest BCUT2D eigenvalue weighted by Crippen LogP contribution is 2.19. The number of carbonyl (C=O) groups is 2. The molecule has 0 spiro atoms.